The third kappa shape index (κ3) is 1.75. The smallest absolute Gasteiger partial charge is 0.0556 e. The maximum atomic E-state index is 8.83. The normalized spacial score (nSPS) is 32.6. The van der Waals surface area contributed by atoms with Gasteiger partial charge in [-0.3, -0.25) is 0 Å². The van der Waals surface area contributed by atoms with Crippen LogP contribution >= 0.6 is 11.8 Å². The molecule has 0 fully saturated rings. The van der Waals surface area contributed by atoms with Crippen LogP contribution in [0.15, 0.2) is 12.2 Å². The number of rotatable bonds is 2. The largest absolute Gasteiger partial charge is 0.396 e. The van der Waals surface area contributed by atoms with Crippen molar-refractivity contribution >= 4 is 11.8 Å². The van der Waals surface area contributed by atoms with Crippen LogP contribution in [0.1, 0.15) is 0 Å². The Bertz CT molecular complexity index is 125. The molecule has 58 valence electrons. The maximum Gasteiger partial charge on any atom is 0.0556 e. The lowest BCUT2D eigenvalue weighted by Gasteiger charge is -2.23. The van der Waals surface area contributed by atoms with Gasteiger partial charge in [0.15, 0.2) is 0 Å². The molecule has 0 saturated carbocycles. The second-order valence-electron chi connectivity index (χ2n) is 2.33. The van der Waals surface area contributed by atoms with E-state index in [4.69, 9.17) is 10.2 Å². The van der Waals surface area contributed by atoms with Crippen molar-refractivity contribution in [1.82, 2.24) is 0 Å². The fourth-order valence-electron chi connectivity index (χ4n) is 1.02. The van der Waals surface area contributed by atoms with Gasteiger partial charge in [-0.2, -0.15) is 11.8 Å². The Hall–Kier alpha value is 0.01000. The van der Waals surface area contributed by atoms with E-state index in [1.165, 1.54) is 0 Å². The lowest BCUT2D eigenvalue weighted by molar-refractivity contribution is 0.213. The molecule has 3 heteroatoms. The van der Waals surface area contributed by atoms with E-state index in [9.17, 15) is 0 Å². The molecule has 0 bridgehead atoms. The monoisotopic (exact) mass is 160 g/mol. The van der Waals surface area contributed by atoms with Crippen LogP contribution in [-0.4, -0.2) is 34.4 Å². The molecule has 0 aromatic heterocycles. The molecule has 1 aliphatic rings. The van der Waals surface area contributed by atoms with E-state index < -0.39 is 0 Å². The Kier molecular flexibility index (Phi) is 3.25. The SMILES string of the molecule is OC[C@@H]1SCC=C[C@H]1CO. The fraction of sp³-hybridized carbons (Fsp3) is 0.714. The van der Waals surface area contributed by atoms with Crippen LogP contribution in [0.25, 0.3) is 0 Å². The molecule has 0 unspecified atom stereocenters. The first kappa shape index (κ1) is 8.11. The molecule has 0 aromatic carbocycles. The van der Waals surface area contributed by atoms with Crippen molar-refractivity contribution in [3.63, 3.8) is 0 Å². The molecule has 1 rings (SSSR count). The fourth-order valence-corrected chi connectivity index (χ4v) is 2.02. The highest BCUT2D eigenvalue weighted by Crippen LogP contribution is 2.24. The summed E-state index contributed by atoms with van der Waals surface area (Å²) in [4.78, 5) is 0. The van der Waals surface area contributed by atoms with Crippen LogP contribution in [0, 0.1) is 5.92 Å². The van der Waals surface area contributed by atoms with Crippen molar-refractivity contribution in [1.29, 1.82) is 0 Å². The van der Waals surface area contributed by atoms with E-state index in [2.05, 4.69) is 0 Å². The molecule has 2 atom stereocenters. The molecule has 0 aliphatic carbocycles. The molecule has 0 saturated heterocycles. The highest BCUT2D eigenvalue weighted by molar-refractivity contribution is 8.00. The first-order valence-corrected chi connectivity index (χ1v) is 4.43. The lowest BCUT2D eigenvalue weighted by atomic mass is 10.1. The number of aliphatic hydroxyl groups is 2. The van der Waals surface area contributed by atoms with E-state index >= 15 is 0 Å². The van der Waals surface area contributed by atoms with Crippen LogP contribution in [0.4, 0.5) is 0 Å². The average molecular weight is 160 g/mol. The van der Waals surface area contributed by atoms with Crippen molar-refractivity contribution < 1.29 is 10.2 Å². The van der Waals surface area contributed by atoms with Gasteiger partial charge >= 0.3 is 0 Å². The van der Waals surface area contributed by atoms with Gasteiger partial charge in [0.2, 0.25) is 0 Å². The molecular formula is C7H12O2S. The van der Waals surface area contributed by atoms with Crippen LogP contribution < -0.4 is 0 Å². The quantitative estimate of drug-likeness (QED) is 0.569. The summed E-state index contributed by atoms with van der Waals surface area (Å²) < 4.78 is 0. The first-order valence-electron chi connectivity index (χ1n) is 3.38. The van der Waals surface area contributed by atoms with Crippen molar-refractivity contribution in [2.24, 2.45) is 5.92 Å². The molecule has 1 heterocycles. The Balaban J connectivity index is 2.47. The Morgan fingerprint density at radius 1 is 1.40 bits per heavy atom. The molecule has 0 radical (unpaired) electrons. The molecular weight excluding hydrogens is 148 g/mol. The zero-order valence-corrected chi connectivity index (χ0v) is 6.55. The zero-order chi connectivity index (χ0) is 7.40. The highest BCUT2D eigenvalue weighted by Gasteiger charge is 2.19. The molecule has 1 aliphatic heterocycles. The van der Waals surface area contributed by atoms with Gasteiger partial charge in [-0.05, 0) is 0 Å². The number of aliphatic hydroxyl groups excluding tert-OH is 2. The van der Waals surface area contributed by atoms with E-state index in [1.807, 2.05) is 12.2 Å². The minimum absolute atomic E-state index is 0.148. The number of hydrogen-bond acceptors (Lipinski definition) is 3. The summed E-state index contributed by atoms with van der Waals surface area (Å²) in [6.07, 6.45) is 4.02. The van der Waals surface area contributed by atoms with E-state index in [1.54, 1.807) is 11.8 Å². The predicted octanol–water partition coefficient (Wildman–Crippen LogP) is 0.259. The molecule has 2 nitrogen and oxygen atoms in total. The molecule has 10 heavy (non-hydrogen) atoms. The summed E-state index contributed by atoms with van der Waals surface area (Å²) in [5, 5.41) is 17.8. The Labute approximate surface area is 64.9 Å². The summed E-state index contributed by atoms with van der Waals surface area (Å²) in [6, 6.07) is 0. The second kappa shape index (κ2) is 4.01. The summed E-state index contributed by atoms with van der Waals surface area (Å²) >= 11 is 1.70. The van der Waals surface area contributed by atoms with Gasteiger partial charge in [0.05, 0.1) is 13.2 Å². The Morgan fingerprint density at radius 2 is 2.20 bits per heavy atom. The van der Waals surface area contributed by atoms with Crippen LogP contribution in [0.5, 0.6) is 0 Å². The van der Waals surface area contributed by atoms with Crippen LogP contribution in [0.3, 0.4) is 0 Å². The first-order chi connectivity index (χ1) is 4.88. The van der Waals surface area contributed by atoms with Crippen LogP contribution in [-0.2, 0) is 0 Å². The van der Waals surface area contributed by atoms with Crippen molar-refractivity contribution in [2.45, 2.75) is 5.25 Å². The third-order valence-corrected chi connectivity index (χ3v) is 2.97. The molecule has 0 aromatic rings. The minimum Gasteiger partial charge on any atom is -0.396 e. The van der Waals surface area contributed by atoms with Gasteiger partial charge < -0.3 is 10.2 Å². The maximum absolute atomic E-state index is 8.83. The zero-order valence-electron chi connectivity index (χ0n) is 5.73. The van der Waals surface area contributed by atoms with Gasteiger partial charge in [-0.1, -0.05) is 12.2 Å². The lowest BCUT2D eigenvalue weighted by Crippen LogP contribution is -2.25. The Morgan fingerprint density at radius 3 is 2.70 bits per heavy atom. The van der Waals surface area contributed by atoms with Crippen LogP contribution in [0.2, 0.25) is 0 Å². The minimum atomic E-state index is 0.148. The summed E-state index contributed by atoms with van der Waals surface area (Å²) in [7, 11) is 0. The van der Waals surface area contributed by atoms with Crippen molar-refractivity contribution in [3.8, 4) is 0 Å². The van der Waals surface area contributed by atoms with E-state index in [0.717, 1.165) is 5.75 Å². The topological polar surface area (TPSA) is 40.5 Å². The molecule has 0 amide bonds. The second-order valence-corrected chi connectivity index (χ2v) is 3.60. The highest BCUT2D eigenvalue weighted by atomic mass is 32.2. The van der Waals surface area contributed by atoms with E-state index in [-0.39, 0.29) is 24.4 Å². The standard InChI is InChI=1S/C7H12O2S/c8-4-6-2-1-3-10-7(6)5-9/h1-2,6-9H,3-5H2/t6-,7-/m0/s1. The average Bonchev–Trinajstić information content (AvgIpc) is 2.04. The third-order valence-electron chi connectivity index (χ3n) is 1.66. The van der Waals surface area contributed by atoms with Gasteiger partial charge in [-0.25, -0.2) is 0 Å². The summed E-state index contributed by atoms with van der Waals surface area (Å²) in [6.45, 7) is 0.314. The van der Waals surface area contributed by atoms with Gasteiger partial charge in [0.1, 0.15) is 0 Å². The van der Waals surface area contributed by atoms with E-state index in [0.29, 0.717) is 0 Å². The summed E-state index contributed by atoms with van der Waals surface area (Å²) in [5.41, 5.74) is 0. The van der Waals surface area contributed by atoms with Gasteiger partial charge in [0.25, 0.3) is 0 Å². The van der Waals surface area contributed by atoms with Crippen molar-refractivity contribution in [2.75, 3.05) is 19.0 Å². The molecule has 2 N–H and O–H groups in total. The summed E-state index contributed by atoms with van der Waals surface area (Å²) in [5.74, 6) is 1.12. The van der Waals surface area contributed by atoms with Gasteiger partial charge in [0, 0.05) is 16.9 Å². The van der Waals surface area contributed by atoms with Gasteiger partial charge in [-0.15, -0.1) is 0 Å². The predicted molar refractivity (Wildman–Crippen MR) is 43.0 cm³/mol. The molecule has 0 spiro atoms. The van der Waals surface area contributed by atoms with Crippen molar-refractivity contribution in [3.05, 3.63) is 12.2 Å². The number of thioether (sulfide) groups is 1. The number of hydrogen-bond donors (Lipinski definition) is 2.